The van der Waals surface area contributed by atoms with Gasteiger partial charge < -0.3 is 0 Å². The molecule has 0 fully saturated rings. The molecule has 0 nitrogen and oxygen atoms in total. The minimum absolute atomic E-state index is 0.106. The van der Waals surface area contributed by atoms with Gasteiger partial charge in [-0.05, 0) is 89.3 Å². The summed E-state index contributed by atoms with van der Waals surface area (Å²) in [4.78, 5) is 0. The van der Waals surface area contributed by atoms with Crippen molar-refractivity contribution in [3.8, 4) is 0 Å². The van der Waals surface area contributed by atoms with Crippen LogP contribution in [0.1, 0.15) is 0 Å². The molecule has 4 aromatic heterocycles. The van der Waals surface area contributed by atoms with Crippen LogP contribution in [0.3, 0.4) is 0 Å². The minimum atomic E-state index is -0.641. The maximum atomic E-state index is 6.29. The molecule has 0 aliphatic carbocycles. The number of rotatable bonds is 4. The zero-order valence-corrected chi connectivity index (χ0v) is 27.2. The Morgan fingerprint density at radius 2 is 0.966 bits per heavy atom. The van der Waals surface area contributed by atoms with E-state index in [9.17, 15) is 0 Å². The van der Waals surface area contributed by atoms with E-state index >= 15 is 0 Å². The number of halogens is 3. The molecular weight excluding hydrogens is 736 g/mol. The number of hydrogen-bond acceptors (Lipinski definition) is 4. The Labute approximate surface area is 224 Å². The second-order valence-corrected chi connectivity index (χ2v) is 30.6. The Bertz CT molecular complexity index is 748. The first-order valence-corrected chi connectivity index (χ1v) is 25.2. The van der Waals surface area contributed by atoms with Gasteiger partial charge in [-0.3, -0.25) is 0 Å². The maximum Gasteiger partial charge on any atom is 0.116 e. The fourth-order valence-electron chi connectivity index (χ4n) is 1.77. The van der Waals surface area contributed by atoms with E-state index in [2.05, 4.69) is 131 Å². The summed E-state index contributed by atoms with van der Waals surface area (Å²) in [6.07, 6.45) is 0. The van der Waals surface area contributed by atoms with Crippen molar-refractivity contribution in [2.24, 2.45) is 0 Å². The Hall–Kier alpha value is 1.63. The van der Waals surface area contributed by atoms with Crippen molar-refractivity contribution in [3.63, 3.8) is 0 Å². The molecule has 4 rings (SSSR count). The summed E-state index contributed by atoms with van der Waals surface area (Å²) in [5, 5.41) is 22.6. The van der Waals surface area contributed by atoms with Gasteiger partial charge in [-0.2, -0.15) is 45.3 Å². The Morgan fingerprint density at radius 3 is 1.21 bits per heavy atom. The third kappa shape index (κ3) is 10.9. The second kappa shape index (κ2) is 14.0. The van der Waals surface area contributed by atoms with Gasteiger partial charge >= 0.3 is 0 Å². The predicted octanol–water partition coefficient (Wildman–Crippen LogP) is 9.24. The Balaban J connectivity index is 0.000000170. The third-order valence-electron chi connectivity index (χ3n) is 2.93. The topological polar surface area (TPSA) is 0 Å². The summed E-state index contributed by atoms with van der Waals surface area (Å²) < 4.78 is 0. The number of thiophene rings is 4. The molecule has 10 heteroatoms. The molecule has 0 spiro atoms. The van der Waals surface area contributed by atoms with E-state index in [0.717, 1.165) is 0 Å². The summed E-state index contributed by atoms with van der Waals surface area (Å²) in [5.74, 6) is 0. The maximum absolute atomic E-state index is 6.29. The SMILES string of the molecule is C[Si](C)(C)I.ClP(c1ccsc1)c1ccsc1.IP(c1ccsc1)c1ccsc1. The fraction of sp³-hybridized carbons (Fsp3) is 0.158. The molecule has 0 N–H and O–H groups in total. The van der Waals surface area contributed by atoms with Gasteiger partial charge in [-0.25, -0.2) is 0 Å². The highest BCUT2D eigenvalue weighted by atomic mass is 127. The van der Waals surface area contributed by atoms with Crippen molar-refractivity contribution in [1.29, 1.82) is 0 Å². The lowest BCUT2D eigenvalue weighted by Crippen LogP contribution is -2.05. The van der Waals surface area contributed by atoms with E-state index in [-0.39, 0.29) is 5.56 Å². The summed E-state index contributed by atoms with van der Waals surface area (Å²) in [5.41, 5.74) is -0.747. The molecule has 0 atom stereocenters. The van der Waals surface area contributed by atoms with Crippen LogP contribution >= 0.6 is 113 Å². The smallest absolute Gasteiger partial charge is 0.116 e. The van der Waals surface area contributed by atoms with Gasteiger partial charge in [-0.15, -0.1) is 21.8 Å². The lowest BCUT2D eigenvalue weighted by atomic mass is 10.7. The zero-order valence-electron chi connectivity index (χ0n) is 16.1. The van der Waals surface area contributed by atoms with E-state index in [4.69, 9.17) is 11.2 Å². The molecule has 0 aromatic carbocycles. The first-order chi connectivity index (χ1) is 13.8. The average molecular weight is 757 g/mol. The van der Waals surface area contributed by atoms with Gasteiger partial charge in [0.05, 0.1) is 7.27 Å². The van der Waals surface area contributed by atoms with Crippen LogP contribution in [-0.2, 0) is 0 Å². The zero-order chi connectivity index (χ0) is 21.3. The molecule has 0 bridgehead atoms. The lowest BCUT2D eigenvalue weighted by Gasteiger charge is -2.03. The van der Waals surface area contributed by atoms with Crippen molar-refractivity contribution in [3.05, 3.63) is 67.3 Å². The number of hydrogen-bond donors (Lipinski definition) is 0. The lowest BCUT2D eigenvalue weighted by molar-refractivity contribution is 1.90. The average Bonchev–Trinajstić information content (AvgIpc) is 3.48. The van der Waals surface area contributed by atoms with Crippen LogP contribution in [0.4, 0.5) is 0 Å². The van der Waals surface area contributed by atoms with E-state index in [1.54, 1.807) is 45.3 Å². The van der Waals surface area contributed by atoms with Gasteiger partial charge in [0.1, 0.15) is 5.57 Å². The van der Waals surface area contributed by atoms with Crippen molar-refractivity contribution in [1.82, 2.24) is 0 Å². The van der Waals surface area contributed by atoms with Gasteiger partial charge in [0, 0.05) is 26.8 Å². The van der Waals surface area contributed by atoms with Crippen molar-refractivity contribution in [2.75, 3.05) is 0 Å². The molecule has 156 valence electrons. The third-order valence-corrected chi connectivity index (χ3v) is 13.8. The monoisotopic (exact) mass is 756 g/mol. The van der Waals surface area contributed by atoms with Crippen LogP contribution in [0, 0.1) is 0 Å². The van der Waals surface area contributed by atoms with Crippen LogP contribution in [0.15, 0.2) is 67.3 Å². The van der Waals surface area contributed by atoms with E-state index in [1.165, 1.54) is 21.2 Å². The molecule has 0 amide bonds. The largest absolute Gasteiger partial charge is 0.152 e. The highest BCUT2D eigenvalue weighted by Gasteiger charge is 2.11. The van der Waals surface area contributed by atoms with E-state index in [0.29, 0.717) is 0 Å². The summed E-state index contributed by atoms with van der Waals surface area (Å²) in [6.45, 7) is 6.94. The van der Waals surface area contributed by atoms with E-state index < -0.39 is 12.8 Å². The minimum Gasteiger partial charge on any atom is -0.152 e. The Kier molecular flexibility index (Phi) is 13.0. The molecule has 4 aromatic rings. The highest BCUT2D eigenvalue weighted by molar-refractivity contribution is 14.2. The van der Waals surface area contributed by atoms with Crippen LogP contribution < -0.4 is 21.2 Å². The molecule has 29 heavy (non-hydrogen) atoms. The van der Waals surface area contributed by atoms with Gasteiger partial charge in [0.2, 0.25) is 0 Å². The summed E-state index contributed by atoms with van der Waals surface area (Å²) >= 11 is 18.3. The first-order valence-electron chi connectivity index (χ1n) is 8.45. The quantitative estimate of drug-likeness (QED) is 0.0844. The van der Waals surface area contributed by atoms with Gasteiger partial charge in [0.25, 0.3) is 0 Å². The highest BCUT2D eigenvalue weighted by Crippen LogP contribution is 2.43. The van der Waals surface area contributed by atoms with Crippen molar-refractivity contribution < 1.29 is 0 Å². The molecule has 0 aliphatic rings. The van der Waals surface area contributed by atoms with E-state index in [1.807, 2.05) is 0 Å². The van der Waals surface area contributed by atoms with Crippen LogP contribution in [-0.4, -0.2) is 5.57 Å². The van der Waals surface area contributed by atoms with Crippen molar-refractivity contribution >= 4 is 140 Å². The van der Waals surface area contributed by atoms with Crippen molar-refractivity contribution in [2.45, 2.75) is 19.6 Å². The van der Waals surface area contributed by atoms with Gasteiger partial charge in [0.15, 0.2) is 0 Å². The van der Waals surface area contributed by atoms with Crippen LogP contribution in [0.25, 0.3) is 0 Å². The Morgan fingerprint density at radius 1 is 0.690 bits per heavy atom. The molecule has 0 aliphatic heterocycles. The molecule has 4 heterocycles. The van der Waals surface area contributed by atoms with Crippen LogP contribution in [0.2, 0.25) is 19.6 Å². The fourth-order valence-corrected chi connectivity index (χ4v) is 12.0. The molecule has 0 saturated heterocycles. The predicted molar refractivity (Wildman–Crippen MR) is 167 cm³/mol. The second-order valence-electron chi connectivity index (χ2n) is 6.55. The molecular formula is C19H21ClI2P2S4Si. The summed E-state index contributed by atoms with van der Waals surface area (Å²) in [7, 11) is -0.604. The molecule has 0 saturated carbocycles. The van der Waals surface area contributed by atoms with Gasteiger partial charge in [-0.1, -0.05) is 30.9 Å². The standard InChI is InChI=1S/C8H6ClPS2.C8H6IPS2.C3H9ISi/c2*9-10(7-1-3-11-5-7)8-2-4-12-6-8;1-5(2,3)4/h2*1-6H;1-3H3. The van der Waals surface area contributed by atoms with Crippen LogP contribution in [0.5, 0.6) is 0 Å². The first kappa shape index (κ1) is 26.9. The molecule has 0 unspecified atom stereocenters. The summed E-state index contributed by atoms with van der Waals surface area (Å²) in [6, 6.07) is 8.64. The molecule has 0 radical (unpaired) electrons. The normalized spacial score (nSPS) is 11.0.